The van der Waals surface area contributed by atoms with E-state index in [9.17, 15) is 4.79 Å². The molecule has 0 aliphatic heterocycles. The third-order valence-electron chi connectivity index (χ3n) is 1.07. The van der Waals surface area contributed by atoms with Gasteiger partial charge in [-0.3, -0.25) is 0 Å². The number of halogens is 1. The number of carbonyl (C=O) groups is 1. The Morgan fingerprint density at radius 1 is 1.56 bits per heavy atom. The van der Waals surface area contributed by atoms with Crippen molar-refractivity contribution in [2.75, 3.05) is 0 Å². The quantitative estimate of drug-likeness (QED) is 0.562. The molecule has 0 saturated carbocycles. The zero-order chi connectivity index (χ0) is 7.49. The van der Waals surface area contributed by atoms with E-state index in [1.807, 2.05) is 13.8 Å². The van der Waals surface area contributed by atoms with Crippen molar-refractivity contribution in [2.24, 2.45) is 0 Å². The van der Waals surface area contributed by atoms with E-state index in [0.29, 0.717) is 6.42 Å². The predicted octanol–water partition coefficient (Wildman–Crippen LogP) is 2.37. The highest BCUT2D eigenvalue weighted by atomic mass is 35.5. The first-order valence-electron chi connectivity index (χ1n) is 3.10. The number of hydrogen-bond acceptors (Lipinski definition) is 1. The lowest BCUT2D eigenvalue weighted by Gasteiger charge is -2.12. The Kier molecular flexibility index (Phi) is 3.20. The van der Waals surface area contributed by atoms with Gasteiger partial charge in [-0.1, -0.05) is 0 Å². The zero-order valence-electron chi connectivity index (χ0n) is 6.20. The van der Waals surface area contributed by atoms with E-state index >= 15 is 0 Å². The fraction of sp³-hybridized carbons (Fsp3) is 0.857. The van der Waals surface area contributed by atoms with E-state index in [-0.39, 0.29) is 10.7 Å². The number of Topliss-reactive ketones (excluding diaryl/α,β-unsaturated/α-hetero) is 1. The maximum absolute atomic E-state index is 10.4. The molecule has 0 atom stereocenters. The maximum atomic E-state index is 10.4. The van der Waals surface area contributed by atoms with Gasteiger partial charge in [-0.05, 0) is 27.2 Å². The zero-order valence-corrected chi connectivity index (χ0v) is 6.96. The summed E-state index contributed by atoms with van der Waals surface area (Å²) in [6.45, 7) is 5.41. The minimum atomic E-state index is -0.217. The molecule has 0 radical (unpaired) electrons. The van der Waals surface area contributed by atoms with Crippen LogP contribution in [0.15, 0.2) is 0 Å². The van der Waals surface area contributed by atoms with Crippen molar-refractivity contribution in [1.29, 1.82) is 0 Å². The molecule has 0 spiro atoms. The fourth-order valence-corrected chi connectivity index (χ4v) is 0.568. The SMILES string of the molecule is CC(=O)CCC(C)(C)Cl. The van der Waals surface area contributed by atoms with E-state index in [1.165, 1.54) is 0 Å². The van der Waals surface area contributed by atoms with Crippen LogP contribution in [0.4, 0.5) is 0 Å². The van der Waals surface area contributed by atoms with Gasteiger partial charge >= 0.3 is 0 Å². The van der Waals surface area contributed by atoms with Crippen LogP contribution in [-0.4, -0.2) is 10.7 Å². The fourth-order valence-electron chi connectivity index (χ4n) is 0.473. The largest absolute Gasteiger partial charge is 0.300 e. The Bertz CT molecular complexity index is 102. The van der Waals surface area contributed by atoms with Gasteiger partial charge in [0.1, 0.15) is 5.78 Å². The van der Waals surface area contributed by atoms with E-state index in [0.717, 1.165) is 6.42 Å². The van der Waals surface area contributed by atoms with Crippen molar-refractivity contribution >= 4 is 17.4 Å². The summed E-state index contributed by atoms with van der Waals surface area (Å²) in [4.78, 5) is 10.2. The lowest BCUT2D eigenvalue weighted by Crippen LogP contribution is -2.11. The molecule has 2 heteroatoms. The Morgan fingerprint density at radius 2 is 2.00 bits per heavy atom. The molecule has 0 amide bonds. The Hall–Kier alpha value is -0.0400. The average molecular weight is 149 g/mol. The van der Waals surface area contributed by atoms with Gasteiger partial charge in [0.15, 0.2) is 0 Å². The average Bonchev–Trinajstić information content (AvgIpc) is 1.59. The molecule has 0 heterocycles. The summed E-state index contributed by atoms with van der Waals surface area (Å²) in [6, 6.07) is 0. The van der Waals surface area contributed by atoms with E-state index in [1.54, 1.807) is 6.92 Å². The van der Waals surface area contributed by atoms with Gasteiger partial charge in [-0.15, -0.1) is 11.6 Å². The van der Waals surface area contributed by atoms with Crippen molar-refractivity contribution in [2.45, 2.75) is 38.5 Å². The molecule has 0 rings (SSSR count). The van der Waals surface area contributed by atoms with Crippen LogP contribution in [0.3, 0.4) is 0 Å². The second-order valence-electron chi connectivity index (χ2n) is 2.92. The number of alkyl halides is 1. The maximum Gasteiger partial charge on any atom is 0.129 e. The van der Waals surface area contributed by atoms with Crippen LogP contribution in [0.2, 0.25) is 0 Å². The highest BCUT2D eigenvalue weighted by Gasteiger charge is 2.12. The summed E-state index contributed by atoms with van der Waals surface area (Å²) in [5.74, 6) is 0.212. The van der Waals surface area contributed by atoms with Crippen molar-refractivity contribution in [1.82, 2.24) is 0 Å². The Morgan fingerprint density at radius 3 is 2.11 bits per heavy atom. The van der Waals surface area contributed by atoms with Gasteiger partial charge < -0.3 is 4.79 Å². The smallest absolute Gasteiger partial charge is 0.129 e. The minimum absolute atomic E-state index is 0.212. The first-order chi connectivity index (χ1) is 3.92. The van der Waals surface area contributed by atoms with Crippen molar-refractivity contribution < 1.29 is 4.79 Å². The van der Waals surface area contributed by atoms with Crippen molar-refractivity contribution in [3.63, 3.8) is 0 Å². The lowest BCUT2D eigenvalue weighted by molar-refractivity contribution is -0.117. The van der Waals surface area contributed by atoms with Crippen LogP contribution in [0.5, 0.6) is 0 Å². The number of carbonyl (C=O) groups excluding carboxylic acids is 1. The molecule has 0 aromatic carbocycles. The standard InChI is InChI=1S/C7H13ClO/c1-6(9)4-5-7(2,3)8/h4-5H2,1-3H3. The van der Waals surface area contributed by atoms with Gasteiger partial charge in [-0.2, -0.15) is 0 Å². The van der Waals surface area contributed by atoms with Crippen LogP contribution in [0.1, 0.15) is 33.6 Å². The molecular formula is C7H13ClO. The lowest BCUT2D eigenvalue weighted by atomic mass is 10.1. The Balaban J connectivity index is 3.39. The normalized spacial score (nSPS) is 11.6. The number of rotatable bonds is 3. The molecule has 9 heavy (non-hydrogen) atoms. The second kappa shape index (κ2) is 3.21. The monoisotopic (exact) mass is 148 g/mol. The van der Waals surface area contributed by atoms with E-state index in [2.05, 4.69) is 0 Å². The summed E-state index contributed by atoms with van der Waals surface area (Å²) in [6.07, 6.45) is 1.36. The third kappa shape index (κ3) is 7.96. The summed E-state index contributed by atoms with van der Waals surface area (Å²) in [5, 5.41) is 0. The van der Waals surface area contributed by atoms with Gasteiger partial charge in [0.05, 0.1) is 0 Å². The Labute approximate surface area is 61.4 Å². The molecule has 0 aromatic rings. The van der Waals surface area contributed by atoms with E-state index < -0.39 is 0 Å². The first-order valence-corrected chi connectivity index (χ1v) is 3.48. The molecule has 1 nitrogen and oxygen atoms in total. The van der Waals surface area contributed by atoms with Gasteiger partial charge in [0.25, 0.3) is 0 Å². The second-order valence-corrected chi connectivity index (χ2v) is 3.94. The van der Waals surface area contributed by atoms with E-state index in [4.69, 9.17) is 11.6 Å². The van der Waals surface area contributed by atoms with Crippen LogP contribution in [0.25, 0.3) is 0 Å². The molecular weight excluding hydrogens is 136 g/mol. The van der Waals surface area contributed by atoms with Gasteiger partial charge in [-0.25, -0.2) is 0 Å². The number of ketones is 1. The molecule has 0 fully saturated rings. The molecule has 0 aliphatic carbocycles. The predicted molar refractivity (Wildman–Crippen MR) is 39.8 cm³/mol. The summed E-state index contributed by atoms with van der Waals surface area (Å²) < 4.78 is 0. The molecule has 0 aliphatic rings. The molecule has 0 aromatic heterocycles. The summed E-state index contributed by atoms with van der Waals surface area (Å²) in [7, 11) is 0. The summed E-state index contributed by atoms with van der Waals surface area (Å²) in [5.41, 5.74) is 0. The highest BCUT2D eigenvalue weighted by Crippen LogP contribution is 2.19. The topological polar surface area (TPSA) is 17.1 Å². The molecule has 0 unspecified atom stereocenters. The van der Waals surface area contributed by atoms with Gasteiger partial charge in [0, 0.05) is 11.3 Å². The molecule has 0 bridgehead atoms. The molecule has 0 saturated heterocycles. The van der Waals surface area contributed by atoms with Crippen molar-refractivity contribution in [3.8, 4) is 0 Å². The highest BCUT2D eigenvalue weighted by molar-refractivity contribution is 6.23. The number of hydrogen-bond donors (Lipinski definition) is 0. The first kappa shape index (κ1) is 8.96. The van der Waals surface area contributed by atoms with Crippen LogP contribution >= 0.6 is 11.6 Å². The van der Waals surface area contributed by atoms with Crippen LogP contribution in [-0.2, 0) is 4.79 Å². The minimum Gasteiger partial charge on any atom is -0.300 e. The summed E-state index contributed by atoms with van der Waals surface area (Å²) >= 11 is 5.83. The van der Waals surface area contributed by atoms with Crippen LogP contribution < -0.4 is 0 Å². The van der Waals surface area contributed by atoms with Crippen molar-refractivity contribution in [3.05, 3.63) is 0 Å². The van der Waals surface area contributed by atoms with Crippen LogP contribution in [0, 0.1) is 0 Å². The van der Waals surface area contributed by atoms with Gasteiger partial charge in [0.2, 0.25) is 0 Å². The molecule has 54 valence electrons. The third-order valence-corrected chi connectivity index (χ3v) is 1.26. The molecule has 0 N–H and O–H groups in total.